The number of hydrogen-bond donors (Lipinski definition) is 2. The molecular formula is C45H65AlN4O2. The van der Waals surface area contributed by atoms with Gasteiger partial charge in [0.25, 0.3) is 14.1 Å². The number of benzene rings is 4. The Morgan fingerprint density at radius 2 is 1.04 bits per heavy atom. The van der Waals surface area contributed by atoms with Crippen LogP contribution in [0.25, 0.3) is 0 Å². The fourth-order valence-corrected chi connectivity index (χ4v) is 5.38. The van der Waals surface area contributed by atoms with Gasteiger partial charge in [-0.15, -0.1) is 17.4 Å². The van der Waals surface area contributed by atoms with E-state index in [0.717, 1.165) is 39.6 Å². The summed E-state index contributed by atoms with van der Waals surface area (Å²) in [6.07, 6.45) is 0. The second-order valence-electron chi connectivity index (χ2n) is 15.1. The van der Waals surface area contributed by atoms with Gasteiger partial charge in [-0.25, -0.2) is 4.99 Å². The number of nitrogens with two attached hydrogens (primary N) is 2. The van der Waals surface area contributed by atoms with E-state index < -0.39 is 0 Å². The van der Waals surface area contributed by atoms with Crippen LogP contribution in [0.15, 0.2) is 77.8 Å². The van der Waals surface area contributed by atoms with E-state index in [4.69, 9.17) is 31.2 Å². The fraction of sp³-hybridized carbons (Fsp3) is 0.422. The van der Waals surface area contributed by atoms with Crippen LogP contribution in [0.5, 0.6) is 11.5 Å². The van der Waals surface area contributed by atoms with E-state index in [0.29, 0.717) is 35.1 Å². The van der Waals surface area contributed by atoms with Crippen molar-refractivity contribution in [1.82, 2.24) is 0 Å². The second kappa shape index (κ2) is 22.7. The molecule has 0 aliphatic heterocycles. The smallest absolute Gasteiger partial charge is 0.251 e. The molecular weight excluding hydrogens is 656 g/mol. The van der Waals surface area contributed by atoms with Crippen LogP contribution in [0.1, 0.15) is 124 Å². The zero-order chi connectivity index (χ0) is 39.7. The van der Waals surface area contributed by atoms with Gasteiger partial charge in [-0.2, -0.15) is 5.26 Å². The predicted octanol–water partition coefficient (Wildman–Crippen LogP) is 12.0. The Balaban J connectivity index is 0.000000405. The van der Waals surface area contributed by atoms with Gasteiger partial charge >= 0.3 is 0 Å². The maximum atomic E-state index is 8.58. The summed E-state index contributed by atoms with van der Waals surface area (Å²) in [7, 11) is 3.26. The molecule has 0 spiro atoms. The fourth-order valence-electron chi connectivity index (χ4n) is 5.38. The molecule has 4 rings (SSSR count). The standard InChI is InChI=1S/C21H28N2O.C12H19N.C9H9NO.3CH3.Al/c1-13(2)18-8-7-9-19(14(3)4)20(18)23-21(22)16-10-15(5)11-17(12-16)24-6;1-8(2)10-6-5-7-11(9(3)4)12(10)13;1-7-3-8(6-10)5-9(4-7)11-2;;;;/h7-14H,1-6H3,(H2,22,23);5-9H,13H2,1-4H3;3-5H,1-2H3;3*1H3;. The van der Waals surface area contributed by atoms with E-state index in [-0.39, 0.29) is 14.1 Å². The average Bonchev–Trinajstić information content (AvgIpc) is 3.07. The number of ether oxygens (including phenoxy) is 2. The van der Waals surface area contributed by atoms with Gasteiger partial charge in [0.05, 0.1) is 31.5 Å². The molecule has 0 bridgehead atoms. The van der Waals surface area contributed by atoms with Crippen LogP contribution in [-0.2, 0) is 0 Å². The van der Waals surface area contributed by atoms with E-state index >= 15 is 0 Å². The lowest BCUT2D eigenvalue weighted by molar-refractivity contribution is 0.414. The molecule has 4 aromatic carbocycles. The number of methoxy groups -OCH3 is 2. The van der Waals surface area contributed by atoms with Crippen molar-refractivity contribution in [1.29, 1.82) is 5.26 Å². The number of anilines is 1. The van der Waals surface area contributed by atoms with Crippen LogP contribution in [0.2, 0.25) is 17.4 Å². The van der Waals surface area contributed by atoms with Gasteiger partial charge in [-0.3, -0.25) is 0 Å². The van der Waals surface area contributed by atoms with Gasteiger partial charge in [-0.05, 0) is 107 Å². The monoisotopic (exact) mass is 720 g/mol. The van der Waals surface area contributed by atoms with Gasteiger partial charge in [0.2, 0.25) is 0 Å². The number of para-hydroxylation sites is 2. The van der Waals surface area contributed by atoms with E-state index in [1.807, 2.05) is 44.2 Å². The van der Waals surface area contributed by atoms with Gasteiger partial charge in [0.15, 0.2) is 0 Å². The normalized spacial score (nSPS) is 10.8. The Labute approximate surface area is 320 Å². The number of nitriles is 1. The largest absolute Gasteiger partial charge is 0.497 e. The van der Waals surface area contributed by atoms with E-state index in [1.54, 1.807) is 20.3 Å². The molecule has 0 saturated carbocycles. The summed E-state index contributed by atoms with van der Waals surface area (Å²) in [5.41, 5.74) is 23.1. The summed E-state index contributed by atoms with van der Waals surface area (Å²) in [5.74, 6) is 10.8. The molecule has 0 aliphatic rings. The molecule has 0 atom stereocenters. The van der Waals surface area contributed by atoms with Crippen molar-refractivity contribution < 1.29 is 9.47 Å². The van der Waals surface area contributed by atoms with Crippen LogP contribution in [0, 0.1) is 25.2 Å². The first kappa shape index (κ1) is 45.8. The summed E-state index contributed by atoms with van der Waals surface area (Å²) < 4.78 is 10.3. The molecule has 7 heteroatoms. The highest BCUT2D eigenvalue weighted by atomic mass is 27.2. The molecule has 52 heavy (non-hydrogen) atoms. The number of aryl methyl sites for hydroxylation is 2. The van der Waals surface area contributed by atoms with Crippen LogP contribution in [-0.4, -0.2) is 34.2 Å². The number of amidine groups is 1. The maximum absolute atomic E-state index is 8.58. The Morgan fingerprint density at radius 3 is 1.42 bits per heavy atom. The molecule has 0 heterocycles. The molecule has 4 aromatic rings. The minimum atomic E-state index is -0.139. The molecule has 0 fully saturated rings. The first-order valence-electron chi connectivity index (χ1n) is 18.4. The molecule has 0 saturated heterocycles. The van der Waals surface area contributed by atoms with Gasteiger partial charge in [0, 0.05) is 11.3 Å². The molecule has 280 valence electrons. The zero-order valence-corrected chi connectivity index (χ0v) is 35.8. The summed E-state index contributed by atoms with van der Waals surface area (Å²) in [6.45, 7) is 21.4. The topological polar surface area (TPSA) is 107 Å². The van der Waals surface area contributed by atoms with Crippen molar-refractivity contribution in [2.45, 2.75) is 110 Å². The van der Waals surface area contributed by atoms with Crippen molar-refractivity contribution in [2.24, 2.45) is 10.7 Å². The summed E-state index contributed by atoms with van der Waals surface area (Å²) in [5, 5.41) is 8.58. The highest BCUT2D eigenvalue weighted by Crippen LogP contribution is 2.35. The number of hydrogen-bond acceptors (Lipinski definition) is 5. The van der Waals surface area contributed by atoms with E-state index in [9.17, 15) is 0 Å². The number of nitrogen functional groups attached to an aromatic ring is 1. The number of nitrogens with zero attached hydrogens (tertiary/aromatic N) is 2. The first-order chi connectivity index (χ1) is 24.4. The van der Waals surface area contributed by atoms with Gasteiger partial charge < -0.3 is 20.9 Å². The van der Waals surface area contributed by atoms with Crippen LogP contribution < -0.4 is 20.9 Å². The van der Waals surface area contributed by atoms with Gasteiger partial charge in [-0.1, -0.05) is 91.8 Å². The van der Waals surface area contributed by atoms with Crippen molar-refractivity contribution in [3.63, 3.8) is 0 Å². The Hall–Kier alpha value is -4.23. The highest BCUT2D eigenvalue weighted by Gasteiger charge is 2.15. The third-order valence-corrected chi connectivity index (χ3v) is 7.99. The number of aliphatic imine (C=N–C) groups is 1. The first-order valence-corrected chi connectivity index (χ1v) is 21.9. The van der Waals surface area contributed by atoms with Crippen LogP contribution >= 0.6 is 0 Å². The van der Waals surface area contributed by atoms with Crippen molar-refractivity contribution in [3.8, 4) is 17.6 Å². The van der Waals surface area contributed by atoms with Crippen molar-refractivity contribution >= 4 is 31.4 Å². The van der Waals surface area contributed by atoms with Crippen LogP contribution in [0.3, 0.4) is 0 Å². The lowest BCUT2D eigenvalue weighted by Gasteiger charge is -2.17. The summed E-state index contributed by atoms with van der Waals surface area (Å²) in [4.78, 5) is 4.83. The lowest BCUT2D eigenvalue weighted by atomic mass is 9.93. The summed E-state index contributed by atoms with van der Waals surface area (Å²) in [6, 6.07) is 26.2. The lowest BCUT2D eigenvalue weighted by Crippen LogP contribution is -2.14. The minimum Gasteiger partial charge on any atom is -0.497 e. The Bertz CT molecular complexity index is 1710. The summed E-state index contributed by atoms with van der Waals surface area (Å²) >= 11 is -0.139. The third-order valence-electron chi connectivity index (χ3n) is 7.99. The quantitative estimate of drug-likeness (QED) is 0.0815. The van der Waals surface area contributed by atoms with Gasteiger partial charge in [0.1, 0.15) is 17.3 Å². The molecule has 0 amide bonds. The van der Waals surface area contributed by atoms with Crippen LogP contribution in [0.4, 0.5) is 11.4 Å². The average molecular weight is 721 g/mol. The maximum Gasteiger partial charge on any atom is 0.251 e. The second-order valence-corrected chi connectivity index (χ2v) is 18.5. The third kappa shape index (κ3) is 15.2. The highest BCUT2D eigenvalue weighted by molar-refractivity contribution is 6.54. The number of rotatable bonds is 8. The molecule has 0 aromatic heterocycles. The van der Waals surface area contributed by atoms with E-state index in [2.05, 4.69) is 115 Å². The SMILES string of the molecule is CC(C)c1cccc(C(C)C)c1N.COc1cc(C)cc(C#N)c1.COc1cc(C)cc(C(N)=Nc2c(C(C)C)cccc2C(C)C)c1.[CH3][Al]([CH3])[CH3]. The molecule has 0 unspecified atom stereocenters. The van der Waals surface area contributed by atoms with Crippen molar-refractivity contribution in [3.05, 3.63) is 117 Å². The zero-order valence-electron chi connectivity index (χ0n) is 34.7. The minimum absolute atomic E-state index is 0.139. The predicted molar refractivity (Wildman–Crippen MR) is 228 cm³/mol. The Morgan fingerprint density at radius 1 is 0.654 bits per heavy atom. The van der Waals surface area contributed by atoms with Crippen molar-refractivity contribution in [2.75, 3.05) is 20.0 Å². The molecule has 6 nitrogen and oxygen atoms in total. The molecule has 4 N–H and O–H groups in total. The molecule has 0 aliphatic carbocycles. The Kier molecular flexibility index (Phi) is 19.9. The molecule has 0 radical (unpaired) electrons. The van der Waals surface area contributed by atoms with E-state index in [1.165, 1.54) is 22.3 Å².